The number of allylic oxidation sites excluding steroid dienone is 2. The number of pyridine rings is 1. The van der Waals surface area contributed by atoms with Gasteiger partial charge in [-0.15, -0.1) is 46.7 Å². The van der Waals surface area contributed by atoms with Gasteiger partial charge in [-0.2, -0.15) is 0 Å². The summed E-state index contributed by atoms with van der Waals surface area (Å²) in [6, 6.07) is 33.8. The molecule has 4 aromatic carbocycles. The van der Waals surface area contributed by atoms with Gasteiger partial charge in [0.05, 0.1) is 1.37 Å². The first-order valence-corrected chi connectivity index (χ1v) is 16.4. The fourth-order valence-electron chi connectivity index (χ4n) is 5.22. The van der Waals surface area contributed by atoms with Crippen molar-refractivity contribution >= 4 is 63.2 Å². The summed E-state index contributed by atoms with van der Waals surface area (Å²) in [5, 5.41) is 12.0. The van der Waals surface area contributed by atoms with Crippen molar-refractivity contribution in [2.24, 2.45) is 10.8 Å². The van der Waals surface area contributed by atoms with Crippen molar-refractivity contribution in [2.75, 3.05) is 0 Å². The molecule has 1 aromatic heterocycles. The maximum Gasteiger partial charge on any atom is 0.227 e. The molecular weight excluding hydrogens is 770 g/mol. The minimum absolute atomic E-state index is 0. The summed E-state index contributed by atoms with van der Waals surface area (Å²) in [5.41, 5.74) is 5.15. The normalized spacial score (nSPS) is 14.0. The van der Waals surface area contributed by atoms with E-state index < -0.39 is 10.8 Å². The summed E-state index contributed by atoms with van der Waals surface area (Å²) in [5.74, 6) is -0.470. The van der Waals surface area contributed by atoms with Gasteiger partial charge in [0, 0.05) is 43.2 Å². The van der Waals surface area contributed by atoms with Crippen LogP contribution in [0.15, 0.2) is 123 Å². The third-order valence-electron chi connectivity index (χ3n) is 7.78. The van der Waals surface area contributed by atoms with E-state index in [0.717, 1.165) is 11.3 Å². The molecule has 3 heterocycles. The Labute approximate surface area is 290 Å². The van der Waals surface area contributed by atoms with E-state index in [1.165, 1.54) is 46.7 Å². The Bertz CT molecular complexity index is 1990. The van der Waals surface area contributed by atoms with E-state index in [1.807, 2.05) is 29.7 Å². The molecule has 0 unspecified atom stereocenters. The van der Waals surface area contributed by atoms with E-state index in [1.54, 1.807) is 41.5 Å². The fourth-order valence-corrected chi connectivity index (χ4v) is 7.69. The van der Waals surface area contributed by atoms with Crippen LogP contribution in [0, 0.1) is 16.9 Å². The molecule has 0 spiro atoms. The second kappa shape index (κ2) is 13.0. The molecule has 3 nitrogen and oxygen atoms in total. The summed E-state index contributed by atoms with van der Waals surface area (Å²) in [4.78, 5) is 21.8. The van der Waals surface area contributed by atoms with E-state index in [2.05, 4.69) is 91.0 Å². The van der Waals surface area contributed by atoms with Crippen molar-refractivity contribution in [2.45, 2.75) is 61.1 Å². The summed E-state index contributed by atoms with van der Waals surface area (Å²) in [6.07, 6.45) is 1.98. The van der Waals surface area contributed by atoms with Gasteiger partial charge in [-0.1, -0.05) is 129 Å². The Morgan fingerprint density at radius 1 is 0.844 bits per heavy atom. The van der Waals surface area contributed by atoms with E-state index in [9.17, 15) is 9.90 Å². The molecule has 2 aliphatic rings. The van der Waals surface area contributed by atoms with Gasteiger partial charge in [-0.05, 0) is 38.4 Å². The molecule has 45 heavy (non-hydrogen) atoms. The first kappa shape index (κ1) is 31.9. The predicted molar refractivity (Wildman–Crippen MR) is 186 cm³/mol. The number of benzene rings is 4. The van der Waals surface area contributed by atoms with Crippen LogP contribution in [0.25, 0.3) is 22.0 Å². The smallest absolute Gasteiger partial charge is 0.227 e. The molecule has 0 aliphatic carbocycles. The second-order valence-corrected chi connectivity index (χ2v) is 15.3. The van der Waals surface area contributed by atoms with Crippen LogP contribution in [0.5, 0.6) is 0 Å². The molecule has 7 heteroatoms. The largest absolute Gasteiger partial charge is 0.512 e. The Hall–Kier alpha value is -3.09. The van der Waals surface area contributed by atoms with Crippen LogP contribution in [0.2, 0.25) is 0 Å². The quantitative estimate of drug-likeness (QED) is 0.0827. The minimum Gasteiger partial charge on any atom is -0.512 e. The van der Waals surface area contributed by atoms with Crippen LogP contribution in [0.1, 0.15) is 42.9 Å². The number of fused-ring (bicyclic) bond motifs is 5. The Morgan fingerprint density at radius 3 is 2.04 bits per heavy atom. The molecule has 0 amide bonds. The number of hydrogen-bond donors (Lipinski definition) is 1. The molecule has 0 bridgehead atoms. The van der Waals surface area contributed by atoms with Crippen LogP contribution in [-0.4, -0.2) is 22.6 Å². The molecule has 0 saturated heterocycles. The van der Waals surface area contributed by atoms with Gasteiger partial charge < -0.3 is 10.1 Å². The van der Waals surface area contributed by atoms with E-state index in [0.29, 0.717) is 0 Å². The van der Waals surface area contributed by atoms with Crippen molar-refractivity contribution in [1.82, 2.24) is 4.98 Å². The second-order valence-electron chi connectivity index (χ2n) is 13.2. The summed E-state index contributed by atoms with van der Waals surface area (Å²) in [7, 11) is 0. The van der Waals surface area contributed by atoms with Crippen molar-refractivity contribution in [3.05, 3.63) is 109 Å². The average Bonchev–Trinajstić information content (AvgIpc) is 3.02. The molecule has 0 atom stereocenters. The summed E-state index contributed by atoms with van der Waals surface area (Å²) >= 11 is 3.73. The predicted octanol–water partition coefficient (Wildman–Crippen LogP) is 8.23. The van der Waals surface area contributed by atoms with Gasteiger partial charge in [0.25, 0.3) is 0 Å². The molecule has 0 fully saturated rings. The zero-order valence-corrected chi connectivity index (χ0v) is 30.2. The van der Waals surface area contributed by atoms with Crippen LogP contribution < -0.4 is 16.4 Å². The standard InChI is InChI=1S/C27H15BNS2.C11H20O2.Ir/c1-2-8-18-16-29-22(15-17(18)7-1)19-13-14-25-26-27(19)31-24-12-6-4-10-21(24)28(26)20-9-3-5-11-23(20)30-25;1-10(2,3)8(12)7-9(13)11(4,5)6;/h1-12,14-16H;7,12H,1-6H3;/q-1;;/b;8-7-;/i;7D;. The van der Waals surface area contributed by atoms with Crippen LogP contribution in [0.4, 0.5) is 0 Å². The maximum absolute atomic E-state index is 11.6. The molecular formula is C38H35BIrNO2S2-. The average molecular weight is 806 g/mol. The Balaban J connectivity index is 0.000000239. The van der Waals surface area contributed by atoms with E-state index in [4.69, 9.17) is 6.35 Å². The molecule has 1 N–H and O–H groups in total. The van der Waals surface area contributed by atoms with Crippen LogP contribution in [0.3, 0.4) is 0 Å². The van der Waals surface area contributed by atoms with Gasteiger partial charge in [-0.3, -0.25) is 4.79 Å². The number of aliphatic hydroxyl groups is 1. The van der Waals surface area contributed by atoms with Crippen molar-refractivity contribution in [1.29, 1.82) is 0 Å². The molecule has 7 rings (SSSR count). The molecule has 5 aromatic rings. The zero-order chi connectivity index (χ0) is 32.1. The Kier molecular flexibility index (Phi) is 9.18. The number of rotatable bonds is 2. The van der Waals surface area contributed by atoms with Crippen molar-refractivity contribution in [3.8, 4) is 11.3 Å². The van der Waals surface area contributed by atoms with Crippen molar-refractivity contribution in [3.63, 3.8) is 0 Å². The zero-order valence-electron chi connectivity index (χ0n) is 27.2. The number of carbonyl (C=O) groups excluding carboxylic acids is 1. The third-order valence-corrected chi connectivity index (χ3v) is 10.1. The third kappa shape index (κ3) is 6.73. The van der Waals surface area contributed by atoms with Crippen LogP contribution in [-0.2, 0) is 24.9 Å². The number of nitrogens with zero attached hydrogens (tertiary/aromatic N) is 1. The van der Waals surface area contributed by atoms with Crippen molar-refractivity contribution < 1.29 is 31.4 Å². The molecule has 0 saturated carbocycles. The van der Waals surface area contributed by atoms with E-state index in [-0.39, 0.29) is 44.4 Å². The van der Waals surface area contributed by atoms with Gasteiger partial charge in [-0.25, -0.2) is 0 Å². The first-order valence-electron chi connectivity index (χ1n) is 15.3. The van der Waals surface area contributed by atoms with Gasteiger partial charge in [0.15, 0.2) is 5.78 Å². The SMILES string of the molecule is [2H]/C(C(=O)C(C)(C)C)=C(/O)C(C)(C)C.[Ir].[c-]1cc2c3c(c1-c1cc4ccccc4cn1)Sc1ccccc1B3c1ccccc1S2. The fraction of sp³-hybridized carbons (Fsp3) is 0.211. The Morgan fingerprint density at radius 2 is 1.42 bits per heavy atom. The summed E-state index contributed by atoms with van der Waals surface area (Å²) in [6.45, 7) is 10.8. The van der Waals surface area contributed by atoms with Gasteiger partial charge >= 0.3 is 0 Å². The minimum atomic E-state index is -0.615. The van der Waals surface area contributed by atoms with Crippen LogP contribution >= 0.6 is 23.5 Å². The maximum atomic E-state index is 11.6. The topological polar surface area (TPSA) is 50.2 Å². The number of hydrogen-bond acceptors (Lipinski definition) is 5. The molecule has 1 radical (unpaired) electrons. The number of aliphatic hydroxyl groups excluding tert-OH is 1. The summed E-state index contributed by atoms with van der Waals surface area (Å²) < 4.78 is 7.58. The number of aromatic nitrogens is 1. The first-order chi connectivity index (χ1) is 21.3. The number of carbonyl (C=O) groups is 1. The van der Waals surface area contributed by atoms with Gasteiger partial charge in [0.1, 0.15) is 5.76 Å². The number of ketones is 1. The van der Waals surface area contributed by atoms with Gasteiger partial charge in [0.2, 0.25) is 6.71 Å². The monoisotopic (exact) mass is 806 g/mol. The molecule has 2 aliphatic heterocycles. The van der Waals surface area contributed by atoms with E-state index >= 15 is 0 Å². The molecule has 229 valence electrons.